The Morgan fingerprint density at radius 1 is 1.48 bits per heavy atom. The molecule has 1 aliphatic rings. The largest absolute Gasteiger partial charge is 0.397 e. The van der Waals surface area contributed by atoms with Gasteiger partial charge in [-0.15, -0.1) is 0 Å². The van der Waals surface area contributed by atoms with Gasteiger partial charge in [0.1, 0.15) is 11.6 Å². The molecule has 6 heteroatoms. The van der Waals surface area contributed by atoms with E-state index in [-0.39, 0.29) is 11.5 Å². The lowest BCUT2D eigenvalue weighted by molar-refractivity contribution is -0.127. The second-order valence-electron chi connectivity index (χ2n) is 4.95. The maximum absolute atomic E-state index is 12.2. The molecule has 0 aliphatic carbocycles. The van der Waals surface area contributed by atoms with Crippen LogP contribution in [0.5, 0.6) is 0 Å². The number of piperazine rings is 1. The first kappa shape index (κ1) is 14.9. The zero-order valence-corrected chi connectivity index (χ0v) is 12.0. The van der Waals surface area contributed by atoms with Gasteiger partial charge in [0, 0.05) is 32.4 Å². The van der Waals surface area contributed by atoms with Crippen LogP contribution in [0, 0.1) is 18.3 Å². The van der Waals surface area contributed by atoms with Crippen molar-refractivity contribution < 1.29 is 4.79 Å². The predicted octanol–water partition coefficient (Wildman–Crippen LogP) is 0.828. The van der Waals surface area contributed by atoms with Crippen molar-refractivity contribution in [2.45, 2.75) is 6.92 Å². The molecule has 2 rings (SSSR count). The highest BCUT2D eigenvalue weighted by Crippen LogP contribution is 2.19. The Hall–Kier alpha value is -2.52. The smallest absolute Gasteiger partial charge is 0.266 e. The molecule has 0 unspecified atom stereocenters. The summed E-state index contributed by atoms with van der Waals surface area (Å²) in [5, 5.41) is 15.3. The number of hydrogen-bond acceptors (Lipinski definition) is 5. The van der Waals surface area contributed by atoms with E-state index in [1.807, 2.05) is 31.2 Å². The summed E-state index contributed by atoms with van der Waals surface area (Å²) in [6.07, 6.45) is 1.42. The van der Waals surface area contributed by atoms with Gasteiger partial charge in [0.25, 0.3) is 5.91 Å². The van der Waals surface area contributed by atoms with E-state index in [0.717, 1.165) is 18.7 Å². The average molecular weight is 285 g/mol. The molecule has 1 aliphatic heterocycles. The van der Waals surface area contributed by atoms with Crippen LogP contribution in [0.15, 0.2) is 30.0 Å². The number of carbonyl (C=O) groups excluding carboxylic acids is 1. The SMILES string of the molecule is Cc1ccc(N/C=C(/C#N)C(=O)N2CCNCC2)c(N)c1. The van der Waals surface area contributed by atoms with Crippen LogP contribution in [0.25, 0.3) is 0 Å². The first-order chi connectivity index (χ1) is 10.1. The number of anilines is 2. The molecule has 21 heavy (non-hydrogen) atoms. The van der Waals surface area contributed by atoms with E-state index >= 15 is 0 Å². The molecule has 0 radical (unpaired) electrons. The molecular formula is C15H19N5O. The maximum atomic E-state index is 12.2. The molecule has 0 spiro atoms. The zero-order chi connectivity index (χ0) is 15.2. The molecule has 1 aromatic carbocycles. The van der Waals surface area contributed by atoms with E-state index in [4.69, 9.17) is 11.0 Å². The van der Waals surface area contributed by atoms with E-state index < -0.39 is 0 Å². The molecular weight excluding hydrogens is 266 g/mol. The van der Waals surface area contributed by atoms with E-state index in [2.05, 4.69) is 10.6 Å². The van der Waals surface area contributed by atoms with Crippen LogP contribution in [0.1, 0.15) is 5.56 Å². The van der Waals surface area contributed by atoms with Crippen molar-refractivity contribution in [3.8, 4) is 6.07 Å². The number of hydrogen-bond donors (Lipinski definition) is 3. The molecule has 1 aromatic rings. The van der Waals surface area contributed by atoms with Crippen molar-refractivity contribution in [3.63, 3.8) is 0 Å². The van der Waals surface area contributed by atoms with Gasteiger partial charge >= 0.3 is 0 Å². The van der Waals surface area contributed by atoms with Crippen molar-refractivity contribution in [1.82, 2.24) is 10.2 Å². The van der Waals surface area contributed by atoms with Crippen LogP contribution in [0.3, 0.4) is 0 Å². The Balaban J connectivity index is 2.09. The molecule has 6 nitrogen and oxygen atoms in total. The molecule has 1 fully saturated rings. The number of nitrogens with one attached hydrogen (secondary N) is 2. The van der Waals surface area contributed by atoms with Crippen LogP contribution >= 0.6 is 0 Å². The molecule has 110 valence electrons. The number of carbonyl (C=O) groups is 1. The normalized spacial score (nSPS) is 15.4. The summed E-state index contributed by atoms with van der Waals surface area (Å²) in [6, 6.07) is 7.52. The van der Waals surface area contributed by atoms with Gasteiger partial charge < -0.3 is 21.3 Å². The van der Waals surface area contributed by atoms with Crippen LogP contribution in [-0.2, 0) is 4.79 Å². The van der Waals surface area contributed by atoms with Gasteiger partial charge in [0.2, 0.25) is 0 Å². The lowest BCUT2D eigenvalue weighted by Crippen LogP contribution is -2.46. The lowest BCUT2D eigenvalue weighted by atomic mass is 10.2. The van der Waals surface area contributed by atoms with E-state index in [1.165, 1.54) is 6.20 Å². The minimum Gasteiger partial charge on any atom is -0.397 e. The molecule has 0 atom stereocenters. The zero-order valence-electron chi connectivity index (χ0n) is 12.0. The van der Waals surface area contributed by atoms with Crippen molar-refractivity contribution in [2.24, 2.45) is 0 Å². The standard InChI is InChI=1S/C15H19N5O/c1-11-2-3-14(13(17)8-11)19-10-12(9-16)15(21)20-6-4-18-5-7-20/h2-3,8,10,18-19H,4-7,17H2,1H3/b12-10-. The molecule has 1 saturated heterocycles. The molecule has 0 bridgehead atoms. The van der Waals surface area contributed by atoms with Gasteiger partial charge in [-0.05, 0) is 24.6 Å². The van der Waals surface area contributed by atoms with E-state index in [1.54, 1.807) is 4.90 Å². The minimum absolute atomic E-state index is 0.0804. The summed E-state index contributed by atoms with van der Waals surface area (Å²) >= 11 is 0. The number of nitrogens with zero attached hydrogens (tertiary/aromatic N) is 2. The van der Waals surface area contributed by atoms with Gasteiger partial charge in [0.15, 0.2) is 0 Å². The lowest BCUT2D eigenvalue weighted by Gasteiger charge is -2.27. The van der Waals surface area contributed by atoms with E-state index in [9.17, 15) is 4.79 Å². The number of amides is 1. The maximum Gasteiger partial charge on any atom is 0.266 e. The van der Waals surface area contributed by atoms with E-state index in [0.29, 0.717) is 24.5 Å². The van der Waals surface area contributed by atoms with Crippen molar-refractivity contribution in [3.05, 3.63) is 35.5 Å². The monoisotopic (exact) mass is 285 g/mol. The minimum atomic E-state index is -0.253. The topological polar surface area (TPSA) is 94.2 Å². The van der Waals surface area contributed by atoms with Crippen molar-refractivity contribution >= 4 is 17.3 Å². The van der Waals surface area contributed by atoms with Crippen LogP contribution in [0.2, 0.25) is 0 Å². The predicted molar refractivity (Wildman–Crippen MR) is 82.4 cm³/mol. The fourth-order valence-corrected chi connectivity index (χ4v) is 2.14. The summed E-state index contributed by atoms with van der Waals surface area (Å²) in [5.41, 5.74) is 8.29. The number of rotatable bonds is 3. The van der Waals surface area contributed by atoms with Gasteiger partial charge in [-0.2, -0.15) is 5.26 Å². The molecule has 4 N–H and O–H groups in total. The Morgan fingerprint density at radius 2 is 2.19 bits per heavy atom. The molecule has 0 saturated carbocycles. The Bertz CT molecular complexity index is 597. The second kappa shape index (κ2) is 6.77. The number of aryl methyl sites for hydroxylation is 1. The van der Waals surface area contributed by atoms with Crippen LogP contribution in [-0.4, -0.2) is 37.0 Å². The van der Waals surface area contributed by atoms with Crippen molar-refractivity contribution in [1.29, 1.82) is 5.26 Å². The summed E-state index contributed by atoms with van der Waals surface area (Å²) in [6.45, 7) is 4.69. The Labute approximate surface area is 124 Å². The quantitative estimate of drug-likeness (QED) is 0.434. The van der Waals surface area contributed by atoms with Crippen LogP contribution in [0.4, 0.5) is 11.4 Å². The van der Waals surface area contributed by atoms with Crippen LogP contribution < -0.4 is 16.4 Å². The fourth-order valence-electron chi connectivity index (χ4n) is 2.14. The molecule has 0 aromatic heterocycles. The Morgan fingerprint density at radius 3 is 2.81 bits per heavy atom. The van der Waals surface area contributed by atoms with Gasteiger partial charge in [-0.3, -0.25) is 4.79 Å². The number of benzene rings is 1. The molecule has 1 heterocycles. The van der Waals surface area contributed by atoms with Gasteiger partial charge in [0.05, 0.1) is 11.4 Å². The number of nitriles is 1. The third-order valence-electron chi connectivity index (χ3n) is 3.33. The highest BCUT2D eigenvalue weighted by Gasteiger charge is 2.19. The van der Waals surface area contributed by atoms with Gasteiger partial charge in [-0.25, -0.2) is 0 Å². The first-order valence-electron chi connectivity index (χ1n) is 6.84. The third kappa shape index (κ3) is 3.74. The summed E-state index contributed by atoms with van der Waals surface area (Å²) in [7, 11) is 0. The fraction of sp³-hybridized carbons (Fsp3) is 0.333. The van der Waals surface area contributed by atoms with Crippen molar-refractivity contribution in [2.75, 3.05) is 37.2 Å². The number of nitrogens with two attached hydrogens (primary N) is 1. The second-order valence-corrected chi connectivity index (χ2v) is 4.95. The average Bonchev–Trinajstić information content (AvgIpc) is 2.50. The Kier molecular flexibility index (Phi) is 4.80. The molecule has 1 amide bonds. The summed E-state index contributed by atoms with van der Waals surface area (Å²) in [4.78, 5) is 13.9. The van der Waals surface area contributed by atoms with Gasteiger partial charge in [-0.1, -0.05) is 6.07 Å². The third-order valence-corrected chi connectivity index (χ3v) is 3.33. The summed E-state index contributed by atoms with van der Waals surface area (Å²) in [5.74, 6) is -0.253. The highest BCUT2D eigenvalue weighted by atomic mass is 16.2. The highest BCUT2D eigenvalue weighted by molar-refractivity contribution is 5.97. The first-order valence-corrected chi connectivity index (χ1v) is 6.84. The summed E-state index contributed by atoms with van der Waals surface area (Å²) < 4.78 is 0. The number of nitrogen functional groups attached to an aromatic ring is 1.